The molecule has 2 aromatic heterocycles. The fraction of sp³-hybridized carbons (Fsp3) is 0.273. The number of anilines is 1. The lowest BCUT2D eigenvalue weighted by Crippen LogP contribution is -2.13. The molecule has 0 aliphatic carbocycles. The van der Waals surface area contributed by atoms with Gasteiger partial charge in [-0.3, -0.25) is 0 Å². The second-order valence-corrected chi connectivity index (χ2v) is 5.17. The molecular weight excluding hydrogens is 266 g/mol. The Hall–Kier alpha value is -1.60. The molecule has 18 heavy (non-hydrogen) atoms. The van der Waals surface area contributed by atoms with Gasteiger partial charge in [-0.25, -0.2) is 15.0 Å². The molecule has 5 nitrogen and oxygen atoms in total. The summed E-state index contributed by atoms with van der Waals surface area (Å²) in [7, 11) is 0. The minimum absolute atomic E-state index is 0.0914. The highest BCUT2D eigenvalue weighted by Gasteiger charge is 2.10. The molecule has 0 saturated heterocycles. The van der Waals surface area contributed by atoms with Crippen molar-refractivity contribution in [1.29, 1.82) is 0 Å². The highest BCUT2D eigenvalue weighted by molar-refractivity contribution is 7.80. The second-order valence-electron chi connectivity index (χ2n) is 3.84. The van der Waals surface area contributed by atoms with Crippen LogP contribution < -0.4 is 11.1 Å². The number of aryl methyl sites for hydroxylation is 1. The van der Waals surface area contributed by atoms with Gasteiger partial charge in [0.15, 0.2) is 0 Å². The molecule has 0 spiro atoms. The smallest absolute Gasteiger partial charge is 0.145 e. The second kappa shape index (κ2) is 5.36. The standard InChI is InChI=1S/C11H13N5S2/c1-6-5-18-11(15-6)7(2)16-9-4-13-8(3-14-9)10(12)17/h3-5,7H,1-2H3,(H2,12,17)(H,14,16). The zero-order chi connectivity index (χ0) is 13.1. The van der Waals surface area contributed by atoms with Gasteiger partial charge in [0.1, 0.15) is 21.5 Å². The molecule has 94 valence electrons. The first-order valence-electron chi connectivity index (χ1n) is 5.36. The van der Waals surface area contributed by atoms with Crippen molar-refractivity contribution in [3.63, 3.8) is 0 Å². The van der Waals surface area contributed by atoms with Crippen LogP contribution >= 0.6 is 23.6 Å². The molecular formula is C11H13N5S2. The Bertz CT molecular complexity index is 549. The number of aromatic nitrogens is 3. The summed E-state index contributed by atoms with van der Waals surface area (Å²) in [5.74, 6) is 0.676. The number of nitrogens with zero attached hydrogens (tertiary/aromatic N) is 3. The Kier molecular flexibility index (Phi) is 3.83. The van der Waals surface area contributed by atoms with Crippen molar-refractivity contribution in [2.24, 2.45) is 5.73 Å². The number of thiocarbonyl (C=S) groups is 1. The van der Waals surface area contributed by atoms with Crippen LogP contribution in [0.5, 0.6) is 0 Å². The van der Waals surface area contributed by atoms with Gasteiger partial charge >= 0.3 is 0 Å². The number of hydrogen-bond acceptors (Lipinski definition) is 6. The van der Waals surface area contributed by atoms with E-state index in [1.807, 2.05) is 19.2 Å². The van der Waals surface area contributed by atoms with Gasteiger partial charge in [0.05, 0.1) is 18.4 Å². The van der Waals surface area contributed by atoms with Crippen molar-refractivity contribution in [3.05, 3.63) is 34.2 Å². The van der Waals surface area contributed by atoms with Gasteiger partial charge in [-0.05, 0) is 13.8 Å². The molecule has 0 saturated carbocycles. The molecule has 0 amide bonds. The quantitative estimate of drug-likeness (QED) is 0.834. The summed E-state index contributed by atoms with van der Waals surface area (Å²) in [5.41, 5.74) is 7.01. The van der Waals surface area contributed by atoms with Gasteiger partial charge in [-0.2, -0.15) is 0 Å². The Labute approximate surface area is 114 Å². The Morgan fingerprint density at radius 3 is 2.72 bits per heavy atom. The number of rotatable bonds is 4. The van der Waals surface area contributed by atoms with E-state index in [4.69, 9.17) is 18.0 Å². The number of nitrogens with one attached hydrogen (secondary N) is 1. The van der Waals surface area contributed by atoms with Gasteiger partial charge in [0.2, 0.25) is 0 Å². The van der Waals surface area contributed by atoms with E-state index in [9.17, 15) is 0 Å². The van der Waals surface area contributed by atoms with E-state index in [1.54, 1.807) is 23.7 Å². The third-order valence-electron chi connectivity index (χ3n) is 2.28. The summed E-state index contributed by atoms with van der Waals surface area (Å²) in [6, 6.07) is 0.0914. The maximum Gasteiger partial charge on any atom is 0.145 e. The number of thiazole rings is 1. The van der Waals surface area contributed by atoms with Crippen LogP contribution in [0.1, 0.15) is 29.4 Å². The van der Waals surface area contributed by atoms with Crippen LogP contribution in [-0.2, 0) is 0 Å². The zero-order valence-corrected chi connectivity index (χ0v) is 11.7. The van der Waals surface area contributed by atoms with E-state index in [2.05, 4.69) is 20.3 Å². The lowest BCUT2D eigenvalue weighted by atomic mass is 10.3. The first kappa shape index (κ1) is 12.8. The topological polar surface area (TPSA) is 76.7 Å². The summed E-state index contributed by atoms with van der Waals surface area (Å²) in [4.78, 5) is 13.0. The molecule has 1 atom stereocenters. The molecule has 3 N–H and O–H groups in total. The lowest BCUT2D eigenvalue weighted by molar-refractivity contribution is 0.852. The fourth-order valence-corrected chi connectivity index (χ4v) is 2.29. The van der Waals surface area contributed by atoms with Gasteiger partial charge in [0, 0.05) is 11.1 Å². The van der Waals surface area contributed by atoms with E-state index in [0.29, 0.717) is 11.5 Å². The molecule has 0 radical (unpaired) electrons. The average Bonchev–Trinajstić information content (AvgIpc) is 2.76. The van der Waals surface area contributed by atoms with E-state index < -0.39 is 0 Å². The van der Waals surface area contributed by atoms with Crippen LogP contribution in [0.2, 0.25) is 0 Å². The molecule has 1 unspecified atom stereocenters. The maximum atomic E-state index is 5.46. The van der Waals surface area contributed by atoms with E-state index in [-0.39, 0.29) is 11.0 Å². The van der Waals surface area contributed by atoms with Crippen LogP contribution in [0.15, 0.2) is 17.8 Å². The third-order valence-corrected chi connectivity index (χ3v) is 3.63. The summed E-state index contributed by atoms with van der Waals surface area (Å²) < 4.78 is 0. The van der Waals surface area contributed by atoms with Gasteiger partial charge in [0.25, 0.3) is 0 Å². The van der Waals surface area contributed by atoms with Crippen molar-refractivity contribution >= 4 is 34.4 Å². The number of nitrogens with two attached hydrogens (primary N) is 1. The summed E-state index contributed by atoms with van der Waals surface area (Å²) in [5, 5.41) is 6.27. The molecule has 0 aliphatic rings. The lowest BCUT2D eigenvalue weighted by Gasteiger charge is -2.11. The Morgan fingerprint density at radius 2 is 2.22 bits per heavy atom. The molecule has 2 heterocycles. The van der Waals surface area contributed by atoms with Crippen LogP contribution in [0.25, 0.3) is 0 Å². The predicted molar refractivity (Wildman–Crippen MR) is 76.8 cm³/mol. The van der Waals surface area contributed by atoms with Crippen molar-refractivity contribution in [2.75, 3.05) is 5.32 Å². The summed E-state index contributed by atoms with van der Waals surface area (Å²) in [6.45, 7) is 4.00. The third kappa shape index (κ3) is 2.99. The minimum Gasteiger partial charge on any atom is -0.388 e. The largest absolute Gasteiger partial charge is 0.388 e. The molecule has 0 fully saturated rings. The molecule has 0 aliphatic heterocycles. The molecule has 2 rings (SSSR count). The van der Waals surface area contributed by atoms with Crippen molar-refractivity contribution < 1.29 is 0 Å². The molecule has 7 heteroatoms. The van der Waals surface area contributed by atoms with Gasteiger partial charge in [-0.1, -0.05) is 12.2 Å². The Morgan fingerprint density at radius 1 is 1.44 bits per heavy atom. The van der Waals surface area contributed by atoms with Crippen molar-refractivity contribution in [3.8, 4) is 0 Å². The van der Waals surface area contributed by atoms with E-state index in [0.717, 1.165) is 10.7 Å². The average molecular weight is 279 g/mol. The summed E-state index contributed by atoms with van der Waals surface area (Å²) >= 11 is 6.44. The highest BCUT2D eigenvalue weighted by atomic mass is 32.1. The first-order chi connectivity index (χ1) is 8.56. The van der Waals surface area contributed by atoms with Crippen LogP contribution in [0.3, 0.4) is 0 Å². The molecule has 0 bridgehead atoms. The highest BCUT2D eigenvalue weighted by Crippen LogP contribution is 2.20. The minimum atomic E-state index is 0.0914. The monoisotopic (exact) mass is 279 g/mol. The van der Waals surface area contributed by atoms with Crippen LogP contribution in [0, 0.1) is 6.92 Å². The first-order valence-corrected chi connectivity index (χ1v) is 6.65. The zero-order valence-electron chi connectivity index (χ0n) is 10.0. The maximum absolute atomic E-state index is 5.46. The van der Waals surface area contributed by atoms with Crippen LogP contribution in [0.4, 0.5) is 5.82 Å². The molecule has 0 aromatic carbocycles. The van der Waals surface area contributed by atoms with E-state index in [1.165, 1.54) is 0 Å². The Balaban J connectivity index is 2.07. The summed E-state index contributed by atoms with van der Waals surface area (Å²) in [6.07, 6.45) is 3.18. The van der Waals surface area contributed by atoms with Gasteiger partial charge in [-0.15, -0.1) is 11.3 Å². The van der Waals surface area contributed by atoms with E-state index >= 15 is 0 Å². The van der Waals surface area contributed by atoms with Crippen molar-refractivity contribution in [1.82, 2.24) is 15.0 Å². The normalized spacial score (nSPS) is 12.1. The van der Waals surface area contributed by atoms with Crippen LogP contribution in [-0.4, -0.2) is 19.9 Å². The van der Waals surface area contributed by atoms with Gasteiger partial charge < -0.3 is 11.1 Å². The fourth-order valence-electron chi connectivity index (χ4n) is 1.38. The predicted octanol–water partition coefficient (Wildman–Crippen LogP) is 2.05. The SMILES string of the molecule is Cc1csc(C(C)Nc2cnc(C(N)=S)cn2)n1. The van der Waals surface area contributed by atoms with Crippen molar-refractivity contribution in [2.45, 2.75) is 19.9 Å². The number of hydrogen-bond donors (Lipinski definition) is 2. The molecule has 2 aromatic rings.